The highest BCUT2D eigenvalue weighted by Gasteiger charge is 2.59. The summed E-state index contributed by atoms with van der Waals surface area (Å²) >= 11 is 0. The molecule has 0 spiro atoms. The number of ether oxygens (including phenoxy) is 3. The van der Waals surface area contributed by atoms with Gasteiger partial charge < -0.3 is 19.3 Å². The molecule has 0 amide bonds. The maximum atomic E-state index is 12.3. The fourth-order valence-electron chi connectivity index (χ4n) is 3.84. The maximum absolute atomic E-state index is 12.3. The molecule has 8 nitrogen and oxygen atoms in total. The van der Waals surface area contributed by atoms with E-state index in [1.54, 1.807) is 6.92 Å². The second-order valence-corrected chi connectivity index (χ2v) is 7.11. The summed E-state index contributed by atoms with van der Waals surface area (Å²) in [5.74, 6) is -0.294. The molecule has 2 aliphatic heterocycles. The molecule has 2 fully saturated rings. The Morgan fingerprint density at radius 1 is 1.33 bits per heavy atom. The minimum atomic E-state index is -1.05. The lowest BCUT2D eigenvalue weighted by Crippen LogP contribution is -2.54. The Labute approximate surface area is 155 Å². The van der Waals surface area contributed by atoms with Gasteiger partial charge in [-0.2, -0.15) is 0 Å². The molecule has 144 valence electrons. The number of aromatic nitrogens is 2. The van der Waals surface area contributed by atoms with Crippen LogP contribution >= 0.6 is 0 Å². The summed E-state index contributed by atoms with van der Waals surface area (Å²) < 4.78 is 19.2. The molecule has 0 saturated carbocycles. The molecule has 4 unspecified atom stereocenters. The highest BCUT2D eigenvalue weighted by molar-refractivity contribution is 5.14. The number of fused-ring (bicyclic) bond motifs is 2. The number of nitrogens with one attached hydrogen (secondary N) is 1. The van der Waals surface area contributed by atoms with Crippen LogP contribution in [-0.2, 0) is 20.8 Å². The molecule has 4 rings (SSSR count). The van der Waals surface area contributed by atoms with Crippen molar-refractivity contribution in [1.29, 1.82) is 0 Å². The molecule has 2 N–H and O–H groups in total. The number of aliphatic hydroxyl groups excluding tert-OH is 1. The van der Waals surface area contributed by atoms with Crippen LogP contribution in [0.2, 0.25) is 0 Å². The lowest BCUT2D eigenvalue weighted by Gasteiger charge is -2.37. The van der Waals surface area contributed by atoms with Crippen LogP contribution in [0.25, 0.3) is 0 Å². The van der Waals surface area contributed by atoms with Gasteiger partial charge in [0.05, 0.1) is 32.3 Å². The summed E-state index contributed by atoms with van der Waals surface area (Å²) in [6.45, 7) is 2.19. The SMILES string of the molecule is Cc1cn(C2OC3(CO)COCC2C3OCc2ccccc2)c(=O)[nH]c1=O. The first-order valence-electron chi connectivity index (χ1n) is 8.88. The Kier molecular flexibility index (Phi) is 4.73. The predicted molar refractivity (Wildman–Crippen MR) is 95.3 cm³/mol. The predicted octanol–water partition coefficient (Wildman–Crippen LogP) is 0.337. The molecule has 2 saturated heterocycles. The Balaban J connectivity index is 1.65. The molecular weight excluding hydrogens is 352 g/mol. The summed E-state index contributed by atoms with van der Waals surface area (Å²) in [5.41, 5.74) is -0.628. The van der Waals surface area contributed by atoms with Gasteiger partial charge in [-0.15, -0.1) is 0 Å². The standard InChI is InChI=1S/C19H22N2O6/c1-12-7-21(18(24)20-16(12)23)17-14-9-25-11-19(10-22,27-17)15(14)26-8-13-5-3-2-4-6-13/h2-7,14-15,17,22H,8-11H2,1H3,(H,20,23,24). The van der Waals surface area contributed by atoms with E-state index < -0.39 is 29.2 Å². The first-order valence-corrected chi connectivity index (χ1v) is 8.88. The van der Waals surface area contributed by atoms with Gasteiger partial charge in [0, 0.05) is 11.8 Å². The molecule has 2 bridgehead atoms. The number of rotatable bonds is 5. The van der Waals surface area contributed by atoms with E-state index in [9.17, 15) is 14.7 Å². The molecule has 2 aliphatic rings. The van der Waals surface area contributed by atoms with Crippen LogP contribution in [0.1, 0.15) is 17.4 Å². The van der Waals surface area contributed by atoms with Crippen molar-refractivity contribution in [3.8, 4) is 0 Å². The Bertz CT molecular complexity index is 924. The largest absolute Gasteiger partial charge is 0.393 e. The number of aromatic amines is 1. The van der Waals surface area contributed by atoms with Crippen LogP contribution in [0.4, 0.5) is 0 Å². The van der Waals surface area contributed by atoms with E-state index in [2.05, 4.69) is 4.98 Å². The normalized spacial score (nSPS) is 29.8. The minimum Gasteiger partial charge on any atom is -0.393 e. The van der Waals surface area contributed by atoms with Gasteiger partial charge in [0.2, 0.25) is 0 Å². The van der Waals surface area contributed by atoms with Gasteiger partial charge in [-0.25, -0.2) is 4.79 Å². The Morgan fingerprint density at radius 2 is 2.11 bits per heavy atom. The number of H-pyrrole nitrogens is 1. The smallest absolute Gasteiger partial charge is 0.330 e. The highest BCUT2D eigenvalue weighted by Crippen LogP contribution is 2.46. The van der Waals surface area contributed by atoms with E-state index in [4.69, 9.17) is 14.2 Å². The summed E-state index contributed by atoms with van der Waals surface area (Å²) in [4.78, 5) is 26.3. The second kappa shape index (κ2) is 7.05. The van der Waals surface area contributed by atoms with E-state index in [1.807, 2.05) is 30.3 Å². The topological polar surface area (TPSA) is 103 Å². The van der Waals surface area contributed by atoms with Crippen molar-refractivity contribution < 1.29 is 19.3 Å². The third-order valence-electron chi connectivity index (χ3n) is 5.25. The van der Waals surface area contributed by atoms with Crippen molar-refractivity contribution >= 4 is 0 Å². The molecule has 0 radical (unpaired) electrons. The van der Waals surface area contributed by atoms with Gasteiger partial charge in [0.1, 0.15) is 17.9 Å². The highest BCUT2D eigenvalue weighted by atomic mass is 16.6. The van der Waals surface area contributed by atoms with E-state index in [0.29, 0.717) is 18.8 Å². The summed E-state index contributed by atoms with van der Waals surface area (Å²) in [6.07, 6.45) is 0.343. The van der Waals surface area contributed by atoms with Crippen molar-refractivity contribution in [2.45, 2.75) is 31.5 Å². The quantitative estimate of drug-likeness (QED) is 0.782. The first kappa shape index (κ1) is 18.1. The summed E-state index contributed by atoms with van der Waals surface area (Å²) in [5, 5.41) is 10.0. The monoisotopic (exact) mass is 374 g/mol. The van der Waals surface area contributed by atoms with Crippen molar-refractivity contribution in [3.05, 3.63) is 68.5 Å². The van der Waals surface area contributed by atoms with E-state index in [-0.39, 0.29) is 19.1 Å². The molecule has 0 aliphatic carbocycles. The van der Waals surface area contributed by atoms with Gasteiger partial charge in [0.25, 0.3) is 5.56 Å². The first-order chi connectivity index (χ1) is 13.0. The van der Waals surface area contributed by atoms with Crippen LogP contribution in [-0.4, -0.2) is 46.2 Å². The third kappa shape index (κ3) is 3.14. The molecule has 8 heteroatoms. The molecule has 3 heterocycles. The van der Waals surface area contributed by atoms with Gasteiger partial charge in [0.15, 0.2) is 0 Å². The van der Waals surface area contributed by atoms with Gasteiger partial charge in [-0.05, 0) is 12.5 Å². The van der Waals surface area contributed by atoms with Crippen molar-refractivity contribution in [3.63, 3.8) is 0 Å². The number of nitrogens with zero attached hydrogens (tertiary/aromatic N) is 1. The van der Waals surface area contributed by atoms with Crippen LogP contribution in [0.15, 0.2) is 46.1 Å². The number of hydrogen-bond donors (Lipinski definition) is 2. The molecule has 1 aromatic heterocycles. The van der Waals surface area contributed by atoms with Crippen molar-refractivity contribution in [2.75, 3.05) is 19.8 Å². The van der Waals surface area contributed by atoms with Crippen LogP contribution < -0.4 is 11.2 Å². The van der Waals surface area contributed by atoms with E-state index >= 15 is 0 Å². The van der Waals surface area contributed by atoms with Crippen LogP contribution in [0.3, 0.4) is 0 Å². The lowest BCUT2D eigenvalue weighted by molar-refractivity contribution is -0.182. The van der Waals surface area contributed by atoms with Crippen molar-refractivity contribution in [2.24, 2.45) is 5.92 Å². The fraction of sp³-hybridized carbons (Fsp3) is 0.474. The maximum Gasteiger partial charge on any atom is 0.330 e. The van der Waals surface area contributed by atoms with Crippen molar-refractivity contribution in [1.82, 2.24) is 9.55 Å². The number of aliphatic hydroxyl groups is 1. The fourth-order valence-corrected chi connectivity index (χ4v) is 3.84. The summed E-state index contributed by atoms with van der Waals surface area (Å²) in [7, 11) is 0. The lowest BCUT2D eigenvalue weighted by atomic mass is 9.88. The van der Waals surface area contributed by atoms with Gasteiger partial charge in [-0.1, -0.05) is 30.3 Å². The summed E-state index contributed by atoms with van der Waals surface area (Å²) in [6, 6.07) is 9.71. The number of hydrogen-bond acceptors (Lipinski definition) is 6. The molecule has 1 aromatic carbocycles. The molecule has 4 atom stereocenters. The van der Waals surface area contributed by atoms with E-state index in [1.165, 1.54) is 10.8 Å². The number of benzene rings is 1. The van der Waals surface area contributed by atoms with Gasteiger partial charge in [-0.3, -0.25) is 14.3 Å². The second-order valence-electron chi connectivity index (χ2n) is 7.11. The van der Waals surface area contributed by atoms with E-state index in [0.717, 1.165) is 5.56 Å². The Hall–Kier alpha value is -2.26. The van der Waals surface area contributed by atoms with Crippen LogP contribution in [0.5, 0.6) is 0 Å². The zero-order valence-corrected chi connectivity index (χ0v) is 15.0. The third-order valence-corrected chi connectivity index (χ3v) is 5.25. The molecule has 27 heavy (non-hydrogen) atoms. The number of aryl methyl sites for hydroxylation is 1. The zero-order chi connectivity index (χ0) is 19.0. The van der Waals surface area contributed by atoms with Gasteiger partial charge >= 0.3 is 5.69 Å². The average Bonchev–Trinajstić information content (AvgIpc) is 2.85. The average molecular weight is 374 g/mol. The molecular formula is C19H22N2O6. The Morgan fingerprint density at radius 3 is 2.85 bits per heavy atom. The van der Waals surface area contributed by atoms with Crippen LogP contribution in [0, 0.1) is 12.8 Å². The zero-order valence-electron chi connectivity index (χ0n) is 15.0. The molecule has 2 aromatic rings. The minimum absolute atomic E-state index is 0.174.